The number of aromatic nitrogens is 1. The monoisotopic (exact) mass is 438 g/mol. The first-order valence-corrected chi connectivity index (χ1v) is 11.4. The van der Waals surface area contributed by atoms with Crippen LogP contribution in [0.1, 0.15) is 11.1 Å². The smallest absolute Gasteiger partial charge is 0.239 e. The number of aryl methyl sites for hydroxylation is 1. The van der Waals surface area contributed by atoms with Crippen molar-refractivity contribution in [3.8, 4) is 0 Å². The maximum Gasteiger partial charge on any atom is 0.239 e. The molecule has 0 aliphatic heterocycles. The molecule has 4 rings (SSSR count). The lowest BCUT2D eigenvalue weighted by Gasteiger charge is -2.20. The summed E-state index contributed by atoms with van der Waals surface area (Å²) in [5.74, 6) is 0.369. The number of thioether (sulfide) groups is 1. The number of thiazole rings is 1. The van der Waals surface area contributed by atoms with E-state index in [2.05, 4.69) is 13.0 Å². The number of anilines is 1. The molecule has 6 heteroatoms. The molecule has 1 heterocycles. The van der Waals surface area contributed by atoms with Gasteiger partial charge in [0.1, 0.15) is 0 Å². The Balaban J connectivity index is 1.59. The van der Waals surface area contributed by atoms with Crippen molar-refractivity contribution in [3.63, 3.8) is 0 Å². The summed E-state index contributed by atoms with van der Waals surface area (Å²) in [7, 11) is 0. The van der Waals surface area contributed by atoms with Crippen LogP contribution < -0.4 is 4.90 Å². The van der Waals surface area contributed by atoms with E-state index < -0.39 is 0 Å². The fraction of sp³-hybridized carbons (Fsp3) is 0.130. The van der Waals surface area contributed by atoms with Gasteiger partial charge in [0.05, 0.1) is 22.5 Å². The van der Waals surface area contributed by atoms with Crippen LogP contribution in [0.5, 0.6) is 0 Å². The van der Waals surface area contributed by atoms with Crippen LogP contribution in [0.25, 0.3) is 10.2 Å². The third-order valence-corrected chi connectivity index (χ3v) is 6.71. The van der Waals surface area contributed by atoms with Crippen LogP contribution in [-0.4, -0.2) is 16.6 Å². The average molecular weight is 439 g/mol. The van der Waals surface area contributed by atoms with E-state index in [1.807, 2.05) is 66.7 Å². The maximum absolute atomic E-state index is 13.2. The summed E-state index contributed by atoms with van der Waals surface area (Å²) >= 11 is 9.02. The first-order chi connectivity index (χ1) is 14.1. The van der Waals surface area contributed by atoms with Crippen LogP contribution in [0.15, 0.2) is 77.7 Å². The summed E-state index contributed by atoms with van der Waals surface area (Å²) in [6.07, 6.45) is 0. The maximum atomic E-state index is 13.2. The molecule has 0 fully saturated rings. The molecule has 3 aromatic carbocycles. The van der Waals surface area contributed by atoms with Gasteiger partial charge in [-0.1, -0.05) is 59.3 Å². The SMILES string of the molecule is Cc1ccc2nc(N(Cc3ccccc3)C(=O)CSc3ccc(Cl)cc3)sc2c1. The molecule has 0 unspecified atom stereocenters. The Morgan fingerprint density at radius 2 is 1.83 bits per heavy atom. The number of amides is 1. The van der Waals surface area contributed by atoms with E-state index in [-0.39, 0.29) is 5.91 Å². The Morgan fingerprint density at radius 1 is 1.07 bits per heavy atom. The Hall–Kier alpha value is -2.34. The number of fused-ring (bicyclic) bond motifs is 1. The number of nitrogens with zero attached hydrogens (tertiary/aromatic N) is 2. The van der Waals surface area contributed by atoms with Crippen molar-refractivity contribution >= 4 is 56.0 Å². The topological polar surface area (TPSA) is 33.2 Å². The summed E-state index contributed by atoms with van der Waals surface area (Å²) in [5.41, 5.74) is 3.19. The highest BCUT2D eigenvalue weighted by Gasteiger charge is 2.20. The first kappa shape index (κ1) is 20.0. The molecule has 0 radical (unpaired) electrons. The Morgan fingerprint density at radius 3 is 2.59 bits per heavy atom. The van der Waals surface area contributed by atoms with Crippen LogP contribution in [0.4, 0.5) is 5.13 Å². The Kier molecular flexibility index (Phi) is 6.19. The molecule has 0 saturated heterocycles. The first-order valence-electron chi connectivity index (χ1n) is 9.18. The summed E-state index contributed by atoms with van der Waals surface area (Å²) in [6.45, 7) is 2.56. The molecule has 1 amide bonds. The lowest BCUT2D eigenvalue weighted by Crippen LogP contribution is -2.31. The van der Waals surface area contributed by atoms with E-state index in [0.29, 0.717) is 17.3 Å². The van der Waals surface area contributed by atoms with Crippen LogP contribution in [0, 0.1) is 6.92 Å². The second kappa shape index (κ2) is 8.99. The molecule has 0 N–H and O–H groups in total. The fourth-order valence-electron chi connectivity index (χ4n) is 2.92. The van der Waals surface area contributed by atoms with Gasteiger partial charge < -0.3 is 0 Å². The standard InChI is InChI=1S/C23H19ClN2OS2/c1-16-7-12-20-21(13-16)29-23(25-20)26(14-17-5-3-2-4-6-17)22(27)15-28-19-10-8-18(24)9-11-19/h2-13H,14-15H2,1H3. The van der Waals surface area contributed by atoms with Gasteiger partial charge in [0.25, 0.3) is 0 Å². The molecule has 29 heavy (non-hydrogen) atoms. The van der Waals surface area contributed by atoms with Gasteiger partial charge in [0.2, 0.25) is 5.91 Å². The number of benzene rings is 3. The van der Waals surface area contributed by atoms with E-state index in [9.17, 15) is 4.79 Å². The van der Waals surface area contributed by atoms with Crippen LogP contribution >= 0.6 is 34.7 Å². The molecule has 146 valence electrons. The summed E-state index contributed by atoms with van der Waals surface area (Å²) in [6, 6.07) is 23.7. The molecule has 0 saturated carbocycles. The van der Waals surface area contributed by atoms with Crippen molar-refractivity contribution in [3.05, 3.63) is 88.9 Å². The van der Waals surface area contributed by atoms with Gasteiger partial charge in [-0.3, -0.25) is 9.69 Å². The predicted octanol–water partition coefficient (Wildman–Crippen LogP) is 6.58. The summed E-state index contributed by atoms with van der Waals surface area (Å²) < 4.78 is 1.09. The van der Waals surface area contributed by atoms with Gasteiger partial charge in [0.15, 0.2) is 5.13 Å². The van der Waals surface area contributed by atoms with Crippen molar-refractivity contribution in [2.75, 3.05) is 10.7 Å². The molecule has 0 spiro atoms. The molecular weight excluding hydrogens is 420 g/mol. The normalized spacial score (nSPS) is 11.0. The lowest BCUT2D eigenvalue weighted by atomic mass is 10.2. The van der Waals surface area contributed by atoms with Crippen LogP contribution in [0.2, 0.25) is 5.02 Å². The predicted molar refractivity (Wildman–Crippen MR) is 124 cm³/mol. The van der Waals surface area contributed by atoms with Crippen LogP contribution in [-0.2, 0) is 11.3 Å². The summed E-state index contributed by atoms with van der Waals surface area (Å²) in [5, 5.41) is 1.42. The highest BCUT2D eigenvalue weighted by atomic mass is 35.5. The highest BCUT2D eigenvalue weighted by molar-refractivity contribution is 8.00. The second-order valence-corrected chi connectivity index (χ2v) is 9.17. The number of halogens is 1. The van der Waals surface area contributed by atoms with E-state index in [1.54, 1.807) is 16.2 Å². The highest BCUT2D eigenvalue weighted by Crippen LogP contribution is 2.31. The minimum absolute atomic E-state index is 0.0320. The molecule has 0 bridgehead atoms. The summed E-state index contributed by atoms with van der Waals surface area (Å²) in [4.78, 5) is 20.7. The molecular formula is C23H19ClN2OS2. The molecule has 0 aliphatic carbocycles. The number of carbonyl (C=O) groups is 1. The van der Waals surface area contributed by atoms with E-state index in [4.69, 9.17) is 16.6 Å². The second-order valence-electron chi connectivity index (χ2n) is 6.68. The molecule has 1 aromatic heterocycles. The number of hydrogen-bond donors (Lipinski definition) is 0. The fourth-order valence-corrected chi connectivity index (χ4v) is 4.90. The molecule has 3 nitrogen and oxygen atoms in total. The number of hydrogen-bond acceptors (Lipinski definition) is 4. The number of rotatable bonds is 6. The zero-order chi connectivity index (χ0) is 20.2. The lowest BCUT2D eigenvalue weighted by molar-refractivity contribution is -0.116. The van der Waals surface area contributed by atoms with E-state index in [1.165, 1.54) is 17.3 Å². The quantitative estimate of drug-likeness (QED) is 0.318. The number of carbonyl (C=O) groups excluding carboxylic acids is 1. The van der Waals surface area contributed by atoms with E-state index in [0.717, 1.165) is 25.8 Å². The van der Waals surface area contributed by atoms with Gasteiger partial charge >= 0.3 is 0 Å². The largest absolute Gasteiger partial charge is 0.283 e. The molecule has 0 aliphatic rings. The third-order valence-electron chi connectivity index (χ3n) is 4.42. The van der Waals surface area contributed by atoms with Gasteiger partial charge in [-0.05, 0) is 54.4 Å². The van der Waals surface area contributed by atoms with Crippen molar-refractivity contribution in [1.82, 2.24) is 4.98 Å². The van der Waals surface area contributed by atoms with Crippen molar-refractivity contribution < 1.29 is 4.79 Å². The van der Waals surface area contributed by atoms with Crippen LogP contribution in [0.3, 0.4) is 0 Å². The van der Waals surface area contributed by atoms with Gasteiger partial charge in [0, 0.05) is 9.92 Å². The van der Waals surface area contributed by atoms with Crippen molar-refractivity contribution in [1.29, 1.82) is 0 Å². The van der Waals surface area contributed by atoms with Gasteiger partial charge in [-0.15, -0.1) is 11.8 Å². The Bertz CT molecular complexity index is 1130. The van der Waals surface area contributed by atoms with Crippen molar-refractivity contribution in [2.24, 2.45) is 0 Å². The zero-order valence-corrected chi connectivity index (χ0v) is 18.2. The van der Waals surface area contributed by atoms with E-state index >= 15 is 0 Å². The molecule has 0 atom stereocenters. The van der Waals surface area contributed by atoms with Gasteiger partial charge in [-0.2, -0.15) is 0 Å². The van der Waals surface area contributed by atoms with Gasteiger partial charge in [-0.25, -0.2) is 4.98 Å². The zero-order valence-electron chi connectivity index (χ0n) is 15.8. The minimum Gasteiger partial charge on any atom is -0.283 e. The minimum atomic E-state index is 0.0320. The van der Waals surface area contributed by atoms with Crippen molar-refractivity contribution in [2.45, 2.75) is 18.4 Å². The third kappa shape index (κ3) is 4.99. The molecule has 4 aromatic rings. The Labute approximate surface area is 183 Å². The average Bonchev–Trinajstić information content (AvgIpc) is 3.15.